The van der Waals surface area contributed by atoms with Crippen molar-refractivity contribution in [3.05, 3.63) is 56.8 Å². The van der Waals surface area contributed by atoms with Gasteiger partial charge in [0.15, 0.2) is 0 Å². The second kappa shape index (κ2) is 6.20. The first-order valence-electron chi connectivity index (χ1n) is 6.31. The summed E-state index contributed by atoms with van der Waals surface area (Å²) in [6.45, 7) is 0. The van der Waals surface area contributed by atoms with E-state index in [1.807, 2.05) is 0 Å². The molecule has 0 aliphatic carbocycles. The minimum absolute atomic E-state index is 0.130. The zero-order chi connectivity index (χ0) is 16.6. The standard InChI is InChI=1S/C15H7Cl3N2O3/c16-7-1-3-11-9(5-7)14(21)20-13(19-11)10-6-8(17)2-4-12(10)23-15(18)22/h1-6H,(H,19,20,21). The predicted molar refractivity (Wildman–Crippen MR) is 89.7 cm³/mol. The van der Waals surface area contributed by atoms with E-state index in [-0.39, 0.29) is 17.1 Å². The summed E-state index contributed by atoms with van der Waals surface area (Å²) in [4.78, 5) is 30.2. The molecule has 3 aromatic rings. The van der Waals surface area contributed by atoms with Crippen molar-refractivity contribution in [1.82, 2.24) is 9.97 Å². The molecule has 116 valence electrons. The van der Waals surface area contributed by atoms with E-state index in [1.165, 1.54) is 24.3 Å². The topological polar surface area (TPSA) is 72.0 Å². The van der Waals surface area contributed by atoms with Gasteiger partial charge in [-0.25, -0.2) is 9.78 Å². The van der Waals surface area contributed by atoms with Crippen molar-refractivity contribution in [2.24, 2.45) is 0 Å². The number of rotatable bonds is 2. The van der Waals surface area contributed by atoms with E-state index < -0.39 is 5.43 Å². The van der Waals surface area contributed by atoms with Crippen molar-refractivity contribution in [3.63, 3.8) is 0 Å². The third-order valence-electron chi connectivity index (χ3n) is 3.05. The summed E-state index contributed by atoms with van der Waals surface area (Å²) in [6, 6.07) is 9.26. The SMILES string of the molecule is O=C(Cl)Oc1ccc(Cl)cc1-c1nc2ccc(Cl)cc2c(=O)[nH]1. The number of ether oxygens (including phenoxy) is 1. The number of fused-ring (bicyclic) bond motifs is 1. The van der Waals surface area contributed by atoms with Crippen LogP contribution in [0.15, 0.2) is 41.2 Å². The van der Waals surface area contributed by atoms with Gasteiger partial charge in [-0.15, -0.1) is 0 Å². The summed E-state index contributed by atoms with van der Waals surface area (Å²) in [5.41, 5.74) is -0.615. The predicted octanol–water partition coefficient (Wildman–Crippen LogP) is 4.63. The van der Waals surface area contributed by atoms with Crippen molar-refractivity contribution in [2.75, 3.05) is 0 Å². The molecule has 0 fully saturated rings. The molecule has 0 radical (unpaired) electrons. The van der Waals surface area contributed by atoms with Gasteiger partial charge in [0.25, 0.3) is 5.56 Å². The Balaban J connectivity index is 2.24. The number of carbonyl (C=O) groups is 1. The van der Waals surface area contributed by atoms with Gasteiger partial charge < -0.3 is 9.72 Å². The van der Waals surface area contributed by atoms with E-state index in [1.54, 1.807) is 12.1 Å². The van der Waals surface area contributed by atoms with Gasteiger partial charge in [0, 0.05) is 21.6 Å². The lowest BCUT2D eigenvalue weighted by atomic mass is 10.1. The van der Waals surface area contributed by atoms with Crippen molar-refractivity contribution in [1.29, 1.82) is 0 Å². The van der Waals surface area contributed by atoms with Gasteiger partial charge in [0.05, 0.1) is 16.5 Å². The molecule has 2 aromatic carbocycles. The van der Waals surface area contributed by atoms with E-state index in [0.717, 1.165) is 0 Å². The van der Waals surface area contributed by atoms with E-state index in [4.69, 9.17) is 39.5 Å². The molecule has 0 saturated heterocycles. The second-order valence-corrected chi connectivity index (χ2v) is 5.74. The summed E-state index contributed by atoms with van der Waals surface area (Å²) in [5, 5.41) is 1.16. The Kier molecular flexibility index (Phi) is 4.26. The lowest BCUT2D eigenvalue weighted by Gasteiger charge is -2.09. The number of nitrogens with one attached hydrogen (secondary N) is 1. The molecule has 0 bridgehead atoms. The summed E-state index contributed by atoms with van der Waals surface area (Å²) in [5.74, 6) is 0.325. The molecular weight excluding hydrogens is 363 g/mol. The molecule has 1 heterocycles. The molecule has 0 saturated carbocycles. The van der Waals surface area contributed by atoms with Gasteiger partial charge in [-0.1, -0.05) is 23.2 Å². The first kappa shape index (κ1) is 15.8. The normalized spacial score (nSPS) is 10.7. The maximum atomic E-state index is 12.2. The molecule has 0 aliphatic heterocycles. The van der Waals surface area contributed by atoms with Crippen molar-refractivity contribution >= 4 is 51.1 Å². The molecule has 8 heteroatoms. The number of H-pyrrole nitrogens is 1. The average molecular weight is 370 g/mol. The Bertz CT molecular complexity index is 985. The zero-order valence-corrected chi connectivity index (χ0v) is 13.5. The highest BCUT2D eigenvalue weighted by atomic mass is 35.5. The molecule has 23 heavy (non-hydrogen) atoms. The number of hydrogen-bond donors (Lipinski definition) is 1. The van der Waals surface area contributed by atoms with Crippen LogP contribution in [0, 0.1) is 0 Å². The van der Waals surface area contributed by atoms with E-state index >= 15 is 0 Å². The fourth-order valence-corrected chi connectivity index (χ4v) is 2.53. The van der Waals surface area contributed by atoms with Gasteiger partial charge in [0.2, 0.25) is 0 Å². The van der Waals surface area contributed by atoms with Crippen LogP contribution in [-0.4, -0.2) is 15.4 Å². The van der Waals surface area contributed by atoms with Gasteiger partial charge >= 0.3 is 5.43 Å². The number of aromatic amines is 1. The zero-order valence-electron chi connectivity index (χ0n) is 11.3. The molecule has 0 atom stereocenters. The Hall–Kier alpha value is -2.08. The summed E-state index contributed by atoms with van der Waals surface area (Å²) < 4.78 is 4.91. The van der Waals surface area contributed by atoms with E-state index in [2.05, 4.69) is 9.97 Å². The fraction of sp³-hybridized carbons (Fsp3) is 0. The van der Waals surface area contributed by atoms with Crippen molar-refractivity contribution < 1.29 is 9.53 Å². The summed E-state index contributed by atoms with van der Waals surface area (Å²) >= 11 is 17.1. The minimum Gasteiger partial charge on any atom is -0.414 e. The number of benzene rings is 2. The number of nitrogens with zero attached hydrogens (tertiary/aromatic N) is 1. The maximum absolute atomic E-state index is 12.2. The molecule has 0 spiro atoms. The molecular formula is C15H7Cl3N2O3. The lowest BCUT2D eigenvalue weighted by Crippen LogP contribution is -2.10. The third kappa shape index (κ3) is 3.32. The molecule has 1 aromatic heterocycles. The number of halogens is 3. The van der Waals surface area contributed by atoms with Crippen LogP contribution >= 0.6 is 34.8 Å². The van der Waals surface area contributed by atoms with Gasteiger partial charge in [0.1, 0.15) is 11.6 Å². The summed E-state index contributed by atoms with van der Waals surface area (Å²) in [6.07, 6.45) is 0. The monoisotopic (exact) mass is 368 g/mol. The third-order valence-corrected chi connectivity index (χ3v) is 3.60. The van der Waals surface area contributed by atoms with Crippen LogP contribution in [0.2, 0.25) is 10.0 Å². The quantitative estimate of drug-likeness (QED) is 0.668. The Labute approximate surface area is 144 Å². The van der Waals surface area contributed by atoms with Crippen LogP contribution in [-0.2, 0) is 0 Å². The van der Waals surface area contributed by atoms with Crippen LogP contribution in [0.25, 0.3) is 22.3 Å². The average Bonchev–Trinajstić information content (AvgIpc) is 2.49. The molecule has 0 unspecified atom stereocenters. The summed E-state index contributed by atoms with van der Waals surface area (Å²) in [7, 11) is 0. The van der Waals surface area contributed by atoms with Crippen LogP contribution in [0.3, 0.4) is 0 Å². The van der Waals surface area contributed by atoms with Crippen LogP contribution in [0.5, 0.6) is 5.75 Å². The van der Waals surface area contributed by atoms with Gasteiger partial charge in [-0.05, 0) is 36.4 Å². The molecule has 5 nitrogen and oxygen atoms in total. The first-order chi connectivity index (χ1) is 10.9. The Morgan fingerprint density at radius 2 is 1.78 bits per heavy atom. The molecule has 0 amide bonds. The Morgan fingerprint density at radius 3 is 2.52 bits per heavy atom. The second-order valence-electron chi connectivity index (χ2n) is 4.56. The van der Waals surface area contributed by atoms with E-state index in [0.29, 0.717) is 26.5 Å². The fourth-order valence-electron chi connectivity index (χ4n) is 2.10. The van der Waals surface area contributed by atoms with Crippen LogP contribution < -0.4 is 10.3 Å². The van der Waals surface area contributed by atoms with Gasteiger partial charge in [-0.3, -0.25) is 4.79 Å². The van der Waals surface area contributed by atoms with Crippen LogP contribution in [0.4, 0.5) is 4.79 Å². The highest BCUT2D eigenvalue weighted by Gasteiger charge is 2.14. The molecule has 0 aliphatic rings. The molecule has 3 rings (SSSR count). The lowest BCUT2D eigenvalue weighted by molar-refractivity contribution is 0.226. The maximum Gasteiger partial charge on any atom is 0.409 e. The highest BCUT2D eigenvalue weighted by molar-refractivity contribution is 6.61. The minimum atomic E-state index is -1.01. The van der Waals surface area contributed by atoms with Gasteiger partial charge in [-0.2, -0.15) is 0 Å². The molecule has 1 N–H and O–H groups in total. The smallest absolute Gasteiger partial charge is 0.409 e. The first-order valence-corrected chi connectivity index (χ1v) is 7.44. The number of hydrogen-bond acceptors (Lipinski definition) is 4. The highest BCUT2D eigenvalue weighted by Crippen LogP contribution is 2.31. The number of aromatic nitrogens is 2. The Morgan fingerprint density at radius 1 is 1.09 bits per heavy atom. The van der Waals surface area contributed by atoms with Crippen LogP contribution in [0.1, 0.15) is 0 Å². The van der Waals surface area contributed by atoms with Crippen molar-refractivity contribution in [3.8, 4) is 17.1 Å². The number of carbonyl (C=O) groups excluding carboxylic acids is 1. The van der Waals surface area contributed by atoms with Crippen molar-refractivity contribution in [2.45, 2.75) is 0 Å². The largest absolute Gasteiger partial charge is 0.414 e. The van der Waals surface area contributed by atoms with E-state index in [9.17, 15) is 9.59 Å².